The Hall–Kier alpha value is -0.570. The third-order valence-electron chi connectivity index (χ3n) is 3.31. The quantitative estimate of drug-likeness (QED) is 0.684. The highest BCUT2D eigenvalue weighted by molar-refractivity contribution is 5.77. The molecule has 0 aromatic rings. The van der Waals surface area contributed by atoms with Gasteiger partial charge in [0.2, 0.25) is 5.91 Å². The Kier molecular flexibility index (Phi) is 2.28. The van der Waals surface area contributed by atoms with Gasteiger partial charge < -0.3 is 10.6 Å². The summed E-state index contributed by atoms with van der Waals surface area (Å²) in [6, 6.07) is 0.614. The maximum Gasteiger partial charge on any atom is 0.222 e. The number of rotatable bonds is 2. The van der Waals surface area contributed by atoms with Crippen molar-refractivity contribution in [1.29, 1.82) is 0 Å². The van der Waals surface area contributed by atoms with Crippen molar-refractivity contribution in [3.63, 3.8) is 0 Å². The van der Waals surface area contributed by atoms with Gasteiger partial charge in [0.1, 0.15) is 0 Å². The summed E-state index contributed by atoms with van der Waals surface area (Å²) in [5.41, 5.74) is 5.95. The third-order valence-corrected chi connectivity index (χ3v) is 3.31. The highest BCUT2D eigenvalue weighted by atomic mass is 16.2. The summed E-state index contributed by atoms with van der Waals surface area (Å²) in [4.78, 5) is 13.7. The van der Waals surface area contributed by atoms with E-state index in [9.17, 15) is 4.79 Å². The van der Waals surface area contributed by atoms with Crippen LogP contribution in [0.3, 0.4) is 0 Å². The van der Waals surface area contributed by atoms with E-state index in [-0.39, 0.29) is 6.04 Å². The molecule has 0 radical (unpaired) electrons. The standard InChI is InChI=1S/C10H18N2O/c1-2-3-10(13)12-6-7-4-8(11)9(12)5-7/h7-9H,2-6,11H2,1H3. The second-order valence-corrected chi connectivity index (χ2v) is 4.36. The first-order chi connectivity index (χ1) is 6.22. The van der Waals surface area contributed by atoms with Crippen LogP contribution in [-0.4, -0.2) is 29.4 Å². The fourth-order valence-corrected chi connectivity index (χ4v) is 2.72. The summed E-state index contributed by atoms with van der Waals surface area (Å²) in [5, 5.41) is 0. The van der Waals surface area contributed by atoms with Crippen molar-refractivity contribution in [2.45, 2.75) is 44.7 Å². The summed E-state index contributed by atoms with van der Waals surface area (Å²) in [6.45, 7) is 3.02. The average molecular weight is 182 g/mol. The number of piperidine rings is 1. The van der Waals surface area contributed by atoms with Crippen molar-refractivity contribution in [2.24, 2.45) is 11.7 Å². The van der Waals surface area contributed by atoms with E-state index in [1.807, 2.05) is 11.8 Å². The van der Waals surface area contributed by atoms with Gasteiger partial charge >= 0.3 is 0 Å². The van der Waals surface area contributed by atoms with Gasteiger partial charge in [-0.25, -0.2) is 0 Å². The highest BCUT2D eigenvalue weighted by Gasteiger charge is 2.44. The lowest BCUT2D eigenvalue weighted by Gasteiger charge is -2.31. The van der Waals surface area contributed by atoms with Crippen LogP contribution in [0.5, 0.6) is 0 Å². The monoisotopic (exact) mass is 182 g/mol. The summed E-state index contributed by atoms with van der Waals surface area (Å²) in [7, 11) is 0. The Morgan fingerprint density at radius 2 is 2.31 bits per heavy atom. The second-order valence-electron chi connectivity index (χ2n) is 4.36. The molecule has 2 aliphatic rings. The molecule has 1 aliphatic carbocycles. The number of hydrogen-bond donors (Lipinski definition) is 1. The smallest absolute Gasteiger partial charge is 0.222 e. The third kappa shape index (κ3) is 1.46. The van der Waals surface area contributed by atoms with Crippen LogP contribution in [0.2, 0.25) is 0 Å². The number of likely N-dealkylation sites (tertiary alicyclic amines) is 1. The Morgan fingerprint density at radius 3 is 2.85 bits per heavy atom. The second kappa shape index (κ2) is 3.29. The number of carbonyl (C=O) groups excluding carboxylic acids is 1. The molecular formula is C10H18N2O. The molecule has 2 rings (SSSR count). The predicted molar refractivity (Wildman–Crippen MR) is 51.1 cm³/mol. The van der Waals surface area contributed by atoms with E-state index in [1.54, 1.807) is 0 Å². The van der Waals surface area contributed by atoms with Crippen molar-refractivity contribution < 1.29 is 4.79 Å². The highest BCUT2D eigenvalue weighted by Crippen LogP contribution is 2.36. The van der Waals surface area contributed by atoms with Crippen LogP contribution in [0.25, 0.3) is 0 Å². The van der Waals surface area contributed by atoms with Gasteiger partial charge in [-0.1, -0.05) is 6.92 Å². The number of nitrogens with two attached hydrogens (primary N) is 1. The van der Waals surface area contributed by atoms with Crippen LogP contribution < -0.4 is 5.73 Å². The molecule has 1 saturated heterocycles. The molecule has 0 aromatic heterocycles. The number of fused-ring (bicyclic) bond motifs is 2. The van der Waals surface area contributed by atoms with Gasteiger partial charge in [-0.05, 0) is 25.2 Å². The van der Waals surface area contributed by atoms with Gasteiger partial charge in [0, 0.05) is 25.0 Å². The lowest BCUT2D eigenvalue weighted by Crippen LogP contribution is -2.48. The zero-order valence-corrected chi connectivity index (χ0v) is 8.20. The van der Waals surface area contributed by atoms with Crippen molar-refractivity contribution in [3.05, 3.63) is 0 Å². The first kappa shape index (κ1) is 9.00. The molecule has 1 saturated carbocycles. The van der Waals surface area contributed by atoms with Crippen LogP contribution in [0.4, 0.5) is 0 Å². The molecule has 1 amide bonds. The zero-order chi connectivity index (χ0) is 9.42. The molecule has 1 heterocycles. The normalized spacial score (nSPS) is 37.1. The molecule has 0 aromatic carbocycles. The van der Waals surface area contributed by atoms with Crippen molar-refractivity contribution in [1.82, 2.24) is 4.90 Å². The van der Waals surface area contributed by atoms with Crippen molar-refractivity contribution >= 4 is 5.91 Å². The molecule has 3 nitrogen and oxygen atoms in total. The molecule has 1 aliphatic heterocycles. The van der Waals surface area contributed by atoms with Gasteiger partial charge in [-0.3, -0.25) is 4.79 Å². The molecular weight excluding hydrogens is 164 g/mol. The summed E-state index contributed by atoms with van der Waals surface area (Å²) in [6.07, 6.45) is 3.91. The van der Waals surface area contributed by atoms with Crippen molar-refractivity contribution in [3.8, 4) is 0 Å². The number of nitrogens with zero attached hydrogens (tertiary/aromatic N) is 1. The van der Waals surface area contributed by atoms with E-state index in [2.05, 4.69) is 0 Å². The molecule has 2 fully saturated rings. The largest absolute Gasteiger partial charge is 0.338 e. The summed E-state index contributed by atoms with van der Waals surface area (Å²) in [5.74, 6) is 1.01. The van der Waals surface area contributed by atoms with E-state index >= 15 is 0 Å². The number of carbonyl (C=O) groups is 1. The molecule has 3 heteroatoms. The number of hydrogen-bond acceptors (Lipinski definition) is 2. The Morgan fingerprint density at radius 1 is 1.54 bits per heavy atom. The van der Waals surface area contributed by atoms with Crippen LogP contribution in [0.15, 0.2) is 0 Å². The maximum atomic E-state index is 11.7. The Labute approximate surface area is 79.3 Å². The van der Waals surface area contributed by atoms with Gasteiger partial charge in [-0.2, -0.15) is 0 Å². The van der Waals surface area contributed by atoms with E-state index in [4.69, 9.17) is 5.73 Å². The molecule has 2 bridgehead atoms. The minimum atomic E-state index is 0.250. The van der Waals surface area contributed by atoms with E-state index in [0.29, 0.717) is 24.3 Å². The molecule has 13 heavy (non-hydrogen) atoms. The van der Waals surface area contributed by atoms with E-state index < -0.39 is 0 Å². The fourth-order valence-electron chi connectivity index (χ4n) is 2.72. The summed E-state index contributed by atoms with van der Waals surface area (Å²) < 4.78 is 0. The zero-order valence-electron chi connectivity index (χ0n) is 8.20. The Balaban J connectivity index is 1.99. The van der Waals surface area contributed by atoms with Crippen molar-refractivity contribution in [2.75, 3.05) is 6.54 Å². The van der Waals surface area contributed by atoms with E-state index in [0.717, 1.165) is 25.8 Å². The minimum absolute atomic E-state index is 0.250. The molecule has 3 unspecified atom stereocenters. The van der Waals surface area contributed by atoms with Crippen LogP contribution in [0, 0.1) is 5.92 Å². The fraction of sp³-hybridized carbons (Fsp3) is 0.900. The van der Waals surface area contributed by atoms with Gasteiger partial charge in [0.25, 0.3) is 0 Å². The van der Waals surface area contributed by atoms with Crippen LogP contribution in [0.1, 0.15) is 32.6 Å². The Bertz CT molecular complexity index is 217. The maximum absolute atomic E-state index is 11.7. The topological polar surface area (TPSA) is 46.3 Å². The molecule has 3 atom stereocenters. The molecule has 0 spiro atoms. The first-order valence-corrected chi connectivity index (χ1v) is 5.27. The predicted octanol–water partition coefficient (Wildman–Crippen LogP) is 0.735. The molecule has 2 N–H and O–H groups in total. The van der Waals surface area contributed by atoms with Crippen LogP contribution >= 0.6 is 0 Å². The SMILES string of the molecule is CCCC(=O)N1CC2CC(N)C1C2. The average Bonchev–Trinajstić information content (AvgIpc) is 2.62. The van der Waals surface area contributed by atoms with Gasteiger partial charge in [0.15, 0.2) is 0 Å². The van der Waals surface area contributed by atoms with Crippen LogP contribution in [-0.2, 0) is 4.79 Å². The number of amides is 1. The first-order valence-electron chi connectivity index (χ1n) is 5.27. The summed E-state index contributed by atoms with van der Waals surface area (Å²) >= 11 is 0. The minimum Gasteiger partial charge on any atom is -0.338 e. The van der Waals surface area contributed by atoms with Gasteiger partial charge in [0.05, 0.1) is 0 Å². The molecule has 74 valence electrons. The van der Waals surface area contributed by atoms with Gasteiger partial charge in [-0.15, -0.1) is 0 Å². The van der Waals surface area contributed by atoms with E-state index in [1.165, 1.54) is 0 Å². The lowest BCUT2D eigenvalue weighted by molar-refractivity contribution is -0.133. The lowest BCUT2D eigenvalue weighted by atomic mass is 10.1.